The third kappa shape index (κ3) is 2.51. The van der Waals surface area contributed by atoms with Gasteiger partial charge in [-0.3, -0.25) is 0 Å². The average molecular weight is 261 g/mol. The molecule has 1 aromatic carbocycles. The van der Waals surface area contributed by atoms with E-state index in [2.05, 4.69) is 32.9 Å². The molecule has 2 atom stereocenters. The predicted molar refractivity (Wildman–Crippen MR) is 80.6 cm³/mol. The second kappa shape index (κ2) is 5.54. The van der Waals surface area contributed by atoms with Crippen LogP contribution in [0.1, 0.15) is 55.7 Å². The molecule has 2 unspecified atom stereocenters. The first-order valence-corrected chi connectivity index (χ1v) is 7.47. The number of benzene rings is 1. The fourth-order valence-corrected chi connectivity index (χ4v) is 3.85. The van der Waals surface area contributed by atoms with Gasteiger partial charge in [0.05, 0.1) is 7.11 Å². The summed E-state index contributed by atoms with van der Waals surface area (Å²) in [5, 5.41) is 0. The Morgan fingerprint density at radius 2 is 2.05 bits per heavy atom. The summed E-state index contributed by atoms with van der Waals surface area (Å²) in [7, 11) is 1.75. The largest absolute Gasteiger partial charge is 0.496 e. The summed E-state index contributed by atoms with van der Waals surface area (Å²) in [6.45, 7) is 6.54. The zero-order valence-electron chi connectivity index (χ0n) is 12.8. The van der Waals surface area contributed by atoms with Gasteiger partial charge in [0.15, 0.2) is 0 Å². The van der Waals surface area contributed by atoms with Gasteiger partial charge in [-0.1, -0.05) is 32.3 Å². The van der Waals surface area contributed by atoms with E-state index >= 15 is 0 Å². The molecule has 1 saturated carbocycles. The molecule has 0 heterocycles. The number of nitrogens with two attached hydrogens (primary N) is 1. The van der Waals surface area contributed by atoms with Crippen LogP contribution in [-0.4, -0.2) is 7.11 Å². The number of rotatable bonds is 3. The fourth-order valence-electron chi connectivity index (χ4n) is 3.85. The van der Waals surface area contributed by atoms with Crippen molar-refractivity contribution in [3.05, 3.63) is 28.8 Å². The molecule has 2 rings (SSSR count). The fraction of sp³-hybridized carbons (Fsp3) is 0.647. The van der Waals surface area contributed by atoms with E-state index in [-0.39, 0.29) is 5.54 Å². The minimum absolute atomic E-state index is 0.212. The van der Waals surface area contributed by atoms with Crippen LogP contribution in [0, 0.1) is 19.8 Å². The number of hydrogen-bond acceptors (Lipinski definition) is 2. The lowest BCUT2D eigenvalue weighted by atomic mass is 9.67. The predicted octanol–water partition coefficient (Wildman–Crippen LogP) is 4.07. The van der Waals surface area contributed by atoms with E-state index in [1.807, 2.05) is 0 Å². The van der Waals surface area contributed by atoms with E-state index in [0.717, 1.165) is 18.6 Å². The van der Waals surface area contributed by atoms with Crippen molar-refractivity contribution in [2.75, 3.05) is 7.11 Å². The Morgan fingerprint density at radius 1 is 1.32 bits per heavy atom. The van der Waals surface area contributed by atoms with Crippen LogP contribution in [0.3, 0.4) is 0 Å². The molecule has 0 spiro atoms. The molecule has 0 aromatic heterocycles. The third-order valence-electron chi connectivity index (χ3n) is 4.74. The van der Waals surface area contributed by atoms with Crippen molar-refractivity contribution < 1.29 is 4.74 Å². The van der Waals surface area contributed by atoms with Crippen LogP contribution < -0.4 is 10.5 Å². The number of methoxy groups -OCH3 is 1. The summed E-state index contributed by atoms with van der Waals surface area (Å²) in [5.41, 5.74) is 10.4. The topological polar surface area (TPSA) is 35.2 Å². The minimum atomic E-state index is -0.212. The summed E-state index contributed by atoms with van der Waals surface area (Å²) in [4.78, 5) is 0. The molecule has 1 aliphatic rings. The lowest BCUT2D eigenvalue weighted by molar-refractivity contribution is 0.178. The first-order chi connectivity index (χ1) is 9.02. The van der Waals surface area contributed by atoms with Gasteiger partial charge in [-0.2, -0.15) is 0 Å². The van der Waals surface area contributed by atoms with Gasteiger partial charge in [-0.15, -0.1) is 0 Å². The Labute approximate surface area is 117 Å². The van der Waals surface area contributed by atoms with E-state index in [9.17, 15) is 0 Å². The Morgan fingerprint density at radius 3 is 2.68 bits per heavy atom. The highest BCUT2D eigenvalue weighted by molar-refractivity contribution is 5.48. The van der Waals surface area contributed by atoms with Crippen LogP contribution in [0.25, 0.3) is 0 Å². The number of aryl methyl sites for hydroxylation is 2. The maximum absolute atomic E-state index is 6.88. The quantitative estimate of drug-likeness (QED) is 0.890. The van der Waals surface area contributed by atoms with Crippen LogP contribution in [0.4, 0.5) is 0 Å². The van der Waals surface area contributed by atoms with Crippen molar-refractivity contribution in [2.45, 2.75) is 58.4 Å². The second-order valence-corrected chi connectivity index (χ2v) is 6.05. The molecule has 0 aliphatic heterocycles. The van der Waals surface area contributed by atoms with E-state index in [1.165, 1.54) is 36.0 Å². The first kappa shape index (κ1) is 14.4. The van der Waals surface area contributed by atoms with Crippen molar-refractivity contribution in [1.82, 2.24) is 0 Å². The lowest BCUT2D eigenvalue weighted by Crippen LogP contribution is -2.46. The van der Waals surface area contributed by atoms with Crippen molar-refractivity contribution in [1.29, 1.82) is 0 Å². The van der Waals surface area contributed by atoms with E-state index in [4.69, 9.17) is 10.5 Å². The summed E-state index contributed by atoms with van der Waals surface area (Å²) in [6.07, 6.45) is 6.00. The molecule has 0 amide bonds. The van der Waals surface area contributed by atoms with Gasteiger partial charge in [-0.25, -0.2) is 0 Å². The highest BCUT2D eigenvalue weighted by Crippen LogP contribution is 2.46. The Kier molecular flexibility index (Phi) is 4.19. The van der Waals surface area contributed by atoms with Gasteiger partial charge in [-0.05, 0) is 49.8 Å². The van der Waals surface area contributed by atoms with E-state index in [1.54, 1.807) is 7.11 Å². The number of ether oxygens (including phenoxy) is 1. The van der Waals surface area contributed by atoms with Gasteiger partial charge in [0.1, 0.15) is 5.75 Å². The maximum Gasteiger partial charge on any atom is 0.124 e. The van der Waals surface area contributed by atoms with E-state index < -0.39 is 0 Å². The minimum Gasteiger partial charge on any atom is -0.496 e. The van der Waals surface area contributed by atoms with Gasteiger partial charge in [0.2, 0.25) is 0 Å². The third-order valence-corrected chi connectivity index (χ3v) is 4.74. The molecule has 1 aromatic rings. The maximum atomic E-state index is 6.88. The van der Waals surface area contributed by atoms with Crippen LogP contribution in [0.2, 0.25) is 0 Å². The second-order valence-electron chi connectivity index (χ2n) is 6.05. The van der Waals surface area contributed by atoms with Crippen LogP contribution in [0.15, 0.2) is 12.1 Å². The van der Waals surface area contributed by atoms with Crippen molar-refractivity contribution in [3.8, 4) is 5.75 Å². The SMILES string of the molecule is CCC1CCCCC1(N)c1c(C)cc(C)cc1OC. The monoisotopic (exact) mass is 261 g/mol. The van der Waals surface area contributed by atoms with Gasteiger partial charge in [0, 0.05) is 11.1 Å². The normalized spacial score (nSPS) is 27.3. The number of hydrogen-bond donors (Lipinski definition) is 1. The molecule has 2 N–H and O–H groups in total. The Bertz CT molecular complexity index is 455. The molecule has 19 heavy (non-hydrogen) atoms. The first-order valence-electron chi connectivity index (χ1n) is 7.47. The molecule has 0 saturated heterocycles. The highest BCUT2D eigenvalue weighted by Gasteiger charge is 2.40. The molecule has 0 bridgehead atoms. The Hall–Kier alpha value is -1.02. The molecule has 0 radical (unpaired) electrons. The summed E-state index contributed by atoms with van der Waals surface area (Å²) >= 11 is 0. The standard InChI is InChI=1S/C17H27NO/c1-5-14-8-6-7-9-17(14,18)16-13(3)10-12(2)11-15(16)19-4/h10-11,14H,5-9,18H2,1-4H3. The molecule has 1 fully saturated rings. The highest BCUT2D eigenvalue weighted by atomic mass is 16.5. The van der Waals surface area contributed by atoms with Crippen LogP contribution in [-0.2, 0) is 5.54 Å². The zero-order chi connectivity index (χ0) is 14.0. The molecule has 2 nitrogen and oxygen atoms in total. The van der Waals surface area contributed by atoms with Gasteiger partial charge < -0.3 is 10.5 Å². The Balaban J connectivity index is 2.55. The molecular weight excluding hydrogens is 234 g/mol. The summed E-state index contributed by atoms with van der Waals surface area (Å²) in [6, 6.07) is 4.35. The molecular formula is C17H27NO. The van der Waals surface area contributed by atoms with E-state index in [0.29, 0.717) is 5.92 Å². The summed E-state index contributed by atoms with van der Waals surface area (Å²) < 4.78 is 5.64. The van der Waals surface area contributed by atoms with Crippen LogP contribution in [0.5, 0.6) is 5.75 Å². The van der Waals surface area contributed by atoms with Crippen LogP contribution >= 0.6 is 0 Å². The lowest BCUT2D eigenvalue weighted by Gasteiger charge is -2.43. The molecule has 1 aliphatic carbocycles. The smallest absolute Gasteiger partial charge is 0.124 e. The summed E-state index contributed by atoms with van der Waals surface area (Å²) in [5.74, 6) is 1.54. The van der Waals surface area contributed by atoms with Crippen molar-refractivity contribution in [2.24, 2.45) is 11.7 Å². The van der Waals surface area contributed by atoms with Gasteiger partial charge >= 0.3 is 0 Å². The van der Waals surface area contributed by atoms with Crippen molar-refractivity contribution >= 4 is 0 Å². The molecule has 106 valence electrons. The average Bonchev–Trinajstić information content (AvgIpc) is 2.37. The zero-order valence-corrected chi connectivity index (χ0v) is 12.8. The van der Waals surface area contributed by atoms with Crippen molar-refractivity contribution in [3.63, 3.8) is 0 Å². The molecule has 2 heteroatoms. The van der Waals surface area contributed by atoms with Gasteiger partial charge in [0.25, 0.3) is 0 Å².